The molecule has 4 heterocycles. The number of benzene rings is 1. The molecule has 1 aromatic carbocycles. The van der Waals surface area contributed by atoms with Crippen LogP contribution in [0.1, 0.15) is 99.8 Å². The number of carbonyl (C=O) groups excluding carboxylic acids is 1. The summed E-state index contributed by atoms with van der Waals surface area (Å²) < 4.78 is 59.6. The number of ether oxygens (including phenoxy) is 5. The van der Waals surface area contributed by atoms with Crippen LogP contribution in [-0.2, 0) is 33.5 Å². The summed E-state index contributed by atoms with van der Waals surface area (Å²) >= 11 is 0. The van der Waals surface area contributed by atoms with Gasteiger partial charge in [0, 0.05) is 25.4 Å². The summed E-state index contributed by atoms with van der Waals surface area (Å²) in [6.45, 7) is 22.8. The summed E-state index contributed by atoms with van der Waals surface area (Å²) in [5, 5.41) is 9.24. The van der Waals surface area contributed by atoms with Crippen LogP contribution in [0.5, 0.6) is 0 Å². The lowest BCUT2D eigenvalue weighted by Gasteiger charge is -2.38. The van der Waals surface area contributed by atoms with Crippen LogP contribution >= 0.6 is 0 Å². The second kappa shape index (κ2) is 16.6. The molecule has 1 amide bonds. The van der Waals surface area contributed by atoms with Crippen molar-refractivity contribution in [1.29, 1.82) is 0 Å². The van der Waals surface area contributed by atoms with Crippen molar-refractivity contribution in [3.8, 4) is 0 Å². The highest BCUT2D eigenvalue weighted by Crippen LogP contribution is 2.43. The quantitative estimate of drug-likeness (QED) is 0.208. The van der Waals surface area contributed by atoms with E-state index in [4.69, 9.17) is 23.7 Å². The summed E-state index contributed by atoms with van der Waals surface area (Å²) in [4.78, 5) is 15.0. The first kappa shape index (κ1) is 40.9. The number of hydrogen-bond acceptors (Lipinski definition) is 9. The van der Waals surface area contributed by atoms with Crippen molar-refractivity contribution in [1.82, 2.24) is 4.90 Å². The molecule has 10 atom stereocenters. The van der Waals surface area contributed by atoms with Crippen LogP contribution in [0.15, 0.2) is 59.5 Å². The molecule has 52 heavy (non-hydrogen) atoms. The van der Waals surface area contributed by atoms with E-state index in [0.717, 1.165) is 49.7 Å². The second-order valence-corrected chi connectivity index (χ2v) is 19.1. The highest BCUT2D eigenvalue weighted by molar-refractivity contribution is 7.91. The monoisotopic (exact) mass is 745 g/mol. The van der Waals surface area contributed by atoms with Crippen LogP contribution in [0.3, 0.4) is 0 Å². The van der Waals surface area contributed by atoms with Crippen LogP contribution < -0.4 is 0 Å². The standard InChI is InChI=1S/C41H63NO9S/c1-26-20-31(17-18-35-27(2)21-30(47-35)14-13-19-43)48-37(28(26)3)23-38-34(25-52(45,46)33-15-11-10-12-16-33)29(4)36(49-38)22-32-24-42(41(8,9)50-32)39(44)51-40(5,6)7/h10-12,15-16,26,29-32,34-38,43H,2-3,13-14,17-25H2,1,4-9H3/t26-,29-,30+,31+,32+,34-,35?,36?,37-,38+/m1/s1. The molecule has 4 aliphatic rings. The van der Waals surface area contributed by atoms with Gasteiger partial charge in [0.1, 0.15) is 11.3 Å². The first-order chi connectivity index (χ1) is 24.4. The molecule has 1 N–H and O–H groups in total. The van der Waals surface area contributed by atoms with Gasteiger partial charge >= 0.3 is 6.09 Å². The van der Waals surface area contributed by atoms with Gasteiger partial charge in [-0.15, -0.1) is 0 Å². The number of amides is 1. The maximum absolute atomic E-state index is 13.8. The summed E-state index contributed by atoms with van der Waals surface area (Å²) in [6, 6.07) is 8.62. The molecule has 4 aliphatic heterocycles. The van der Waals surface area contributed by atoms with Gasteiger partial charge in [-0.25, -0.2) is 13.2 Å². The van der Waals surface area contributed by atoms with E-state index in [1.165, 1.54) is 0 Å². The van der Waals surface area contributed by atoms with Gasteiger partial charge in [-0.1, -0.05) is 45.2 Å². The Morgan fingerprint density at radius 3 is 2.33 bits per heavy atom. The lowest BCUT2D eigenvalue weighted by molar-refractivity contribution is -0.0948. The molecule has 292 valence electrons. The molecule has 0 aliphatic carbocycles. The van der Waals surface area contributed by atoms with Crippen molar-refractivity contribution in [3.63, 3.8) is 0 Å². The summed E-state index contributed by atoms with van der Waals surface area (Å²) in [5.41, 5.74) is 0.626. The van der Waals surface area contributed by atoms with Gasteiger partial charge in [0.15, 0.2) is 9.84 Å². The highest BCUT2D eigenvalue weighted by atomic mass is 32.2. The molecule has 11 heteroatoms. The van der Waals surface area contributed by atoms with Crippen molar-refractivity contribution in [2.75, 3.05) is 18.9 Å². The third kappa shape index (κ3) is 10.1. The normalized spacial score (nSPS) is 33.9. The molecule has 2 unspecified atom stereocenters. The number of carbonyl (C=O) groups is 1. The summed E-state index contributed by atoms with van der Waals surface area (Å²) in [7, 11) is -3.61. The van der Waals surface area contributed by atoms with Crippen LogP contribution in [-0.4, -0.2) is 97.5 Å². The first-order valence-corrected chi connectivity index (χ1v) is 20.9. The maximum atomic E-state index is 13.8. The van der Waals surface area contributed by atoms with Crippen LogP contribution in [0.4, 0.5) is 4.79 Å². The Morgan fingerprint density at radius 1 is 0.962 bits per heavy atom. The van der Waals surface area contributed by atoms with Crippen molar-refractivity contribution in [3.05, 3.63) is 54.6 Å². The number of aliphatic hydroxyl groups excluding tert-OH is 1. The van der Waals surface area contributed by atoms with Crippen molar-refractivity contribution >= 4 is 15.9 Å². The zero-order chi connectivity index (χ0) is 38.0. The first-order valence-electron chi connectivity index (χ1n) is 19.3. The third-order valence-electron chi connectivity index (χ3n) is 11.4. The predicted molar refractivity (Wildman–Crippen MR) is 200 cm³/mol. The van der Waals surface area contributed by atoms with E-state index in [2.05, 4.69) is 27.0 Å². The zero-order valence-corrected chi connectivity index (χ0v) is 33.2. The molecule has 10 nitrogen and oxygen atoms in total. The molecule has 4 saturated heterocycles. The van der Waals surface area contributed by atoms with E-state index in [9.17, 15) is 18.3 Å². The Balaban J connectivity index is 1.29. The molecule has 1 aromatic rings. The van der Waals surface area contributed by atoms with Gasteiger partial charge < -0.3 is 28.8 Å². The lowest BCUT2D eigenvalue weighted by Crippen LogP contribution is -2.46. The van der Waals surface area contributed by atoms with E-state index < -0.39 is 27.3 Å². The fraction of sp³-hybridized carbons (Fsp3) is 0.732. The second-order valence-electron chi connectivity index (χ2n) is 17.1. The molecule has 0 bridgehead atoms. The van der Waals surface area contributed by atoms with Crippen LogP contribution in [0, 0.1) is 17.8 Å². The van der Waals surface area contributed by atoms with Crippen LogP contribution in [0.25, 0.3) is 0 Å². The van der Waals surface area contributed by atoms with E-state index >= 15 is 0 Å². The van der Waals surface area contributed by atoms with E-state index in [0.29, 0.717) is 24.3 Å². The Kier molecular flexibility index (Phi) is 13.1. The Labute approximate surface area is 312 Å². The fourth-order valence-electron chi connectivity index (χ4n) is 8.47. The van der Waals surface area contributed by atoms with Crippen molar-refractivity contribution < 1.29 is 42.0 Å². The molecule has 4 fully saturated rings. The minimum atomic E-state index is -3.61. The van der Waals surface area contributed by atoms with Gasteiger partial charge in [-0.05, 0) is 108 Å². The Bertz CT molecular complexity index is 1510. The molecule has 5 rings (SSSR count). The number of sulfone groups is 1. The lowest BCUT2D eigenvalue weighted by atomic mass is 9.82. The molecule has 0 spiro atoms. The smallest absolute Gasteiger partial charge is 0.412 e. The Hall–Kier alpha value is -2.28. The summed E-state index contributed by atoms with van der Waals surface area (Å²) in [5.74, 6) is -0.190. The fourth-order valence-corrected chi connectivity index (χ4v) is 10.3. The van der Waals surface area contributed by atoms with Gasteiger partial charge in [0.2, 0.25) is 0 Å². The van der Waals surface area contributed by atoms with Crippen molar-refractivity contribution in [2.45, 2.75) is 159 Å². The van der Waals surface area contributed by atoms with Gasteiger partial charge in [-0.3, -0.25) is 4.90 Å². The zero-order valence-electron chi connectivity index (χ0n) is 32.4. The van der Waals surface area contributed by atoms with Crippen LogP contribution in [0.2, 0.25) is 0 Å². The molecular formula is C41H63NO9S. The average molecular weight is 746 g/mol. The predicted octanol–water partition coefficient (Wildman–Crippen LogP) is 7.25. The van der Waals surface area contributed by atoms with Gasteiger partial charge in [0.05, 0.1) is 59.9 Å². The molecular weight excluding hydrogens is 683 g/mol. The number of nitrogens with zero attached hydrogens (tertiary/aromatic N) is 1. The van der Waals surface area contributed by atoms with Gasteiger partial charge in [-0.2, -0.15) is 0 Å². The van der Waals surface area contributed by atoms with E-state index in [1.54, 1.807) is 29.2 Å². The minimum absolute atomic E-state index is 0.00690. The third-order valence-corrected chi connectivity index (χ3v) is 13.2. The highest BCUT2D eigenvalue weighted by Gasteiger charge is 2.50. The minimum Gasteiger partial charge on any atom is -0.444 e. The average Bonchev–Trinajstić information content (AvgIpc) is 3.67. The summed E-state index contributed by atoms with van der Waals surface area (Å²) in [6.07, 6.45) is 4.36. The molecule has 0 radical (unpaired) electrons. The SMILES string of the molecule is C=C1C[C@H](CCCO)OC1CC[C@H]1C[C@@H](C)C(=C)[C@@H](C[C@@H]2OC(C[C@H]3CN(C(=O)OC(C)(C)C)C(C)(C)O3)[C@H](C)[C@H]2CS(=O)(=O)c2ccccc2)O1. The topological polar surface area (TPSA) is 121 Å². The van der Waals surface area contributed by atoms with E-state index in [-0.39, 0.29) is 72.8 Å². The van der Waals surface area contributed by atoms with Crippen molar-refractivity contribution in [2.24, 2.45) is 17.8 Å². The number of rotatable bonds is 13. The van der Waals surface area contributed by atoms with Gasteiger partial charge in [0.25, 0.3) is 0 Å². The maximum Gasteiger partial charge on any atom is 0.412 e. The number of hydrogen-bond donors (Lipinski definition) is 1. The Morgan fingerprint density at radius 2 is 1.65 bits per heavy atom. The molecule has 0 saturated carbocycles. The number of aliphatic hydroxyl groups is 1. The molecule has 0 aromatic heterocycles. The van der Waals surface area contributed by atoms with E-state index in [1.807, 2.05) is 40.7 Å². The largest absolute Gasteiger partial charge is 0.444 e.